The molecular weight excluding hydrogens is 302 g/mol. The van der Waals surface area contributed by atoms with Gasteiger partial charge in [-0.3, -0.25) is 9.59 Å². The summed E-state index contributed by atoms with van der Waals surface area (Å²) in [4.78, 5) is 26.3. The summed E-state index contributed by atoms with van der Waals surface area (Å²) in [5, 5.41) is 6.11. The lowest BCUT2D eigenvalue weighted by Gasteiger charge is -2.34. The first-order valence-corrected chi connectivity index (χ1v) is 8.68. The number of nitrogens with one attached hydrogen (secondary N) is 2. The fraction of sp³-hybridized carbons (Fsp3) is 0.579. The molecule has 1 aromatic carbocycles. The maximum atomic E-state index is 12.2. The van der Waals surface area contributed by atoms with Crippen molar-refractivity contribution in [2.24, 2.45) is 0 Å². The number of hydrogen-bond donors (Lipinski definition) is 2. The Bertz CT molecular complexity index is 575. The van der Waals surface area contributed by atoms with E-state index in [4.69, 9.17) is 0 Å². The van der Waals surface area contributed by atoms with Crippen LogP contribution in [0.4, 0.5) is 0 Å². The predicted octanol–water partition coefficient (Wildman–Crippen LogP) is 1.92. The monoisotopic (exact) mass is 331 g/mol. The van der Waals surface area contributed by atoms with Gasteiger partial charge in [0.2, 0.25) is 5.91 Å². The van der Waals surface area contributed by atoms with E-state index in [2.05, 4.69) is 31.4 Å². The summed E-state index contributed by atoms with van der Waals surface area (Å²) in [6, 6.07) is 7.88. The molecule has 1 aliphatic heterocycles. The van der Waals surface area contributed by atoms with E-state index in [0.29, 0.717) is 18.5 Å². The van der Waals surface area contributed by atoms with Crippen LogP contribution in [-0.2, 0) is 10.2 Å². The van der Waals surface area contributed by atoms with Crippen molar-refractivity contribution < 1.29 is 9.59 Å². The number of rotatable bonds is 4. The van der Waals surface area contributed by atoms with E-state index in [1.165, 1.54) is 5.56 Å². The number of hydrogen-bond acceptors (Lipinski definition) is 3. The van der Waals surface area contributed by atoms with E-state index < -0.39 is 0 Å². The van der Waals surface area contributed by atoms with Gasteiger partial charge in [-0.25, -0.2) is 0 Å². The zero-order valence-corrected chi connectivity index (χ0v) is 15.2. The zero-order chi connectivity index (χ0) is 17.7. The summed E-state index contributed by atoms with van der Waals surface area (Å²) in [6.45, 7) is 11.2. The molecule has 1 aliphatic rings. The molecule has 24 heavy (non-hydrogen) atoms. The second kappa shape index (κ2) is 7.79. The largest absolute Gasteiger partial charge is 0.352 e. The highest BCUT2D eigenvalue weighted by Gasteiger charge is 2.22. The lowest BCUT2D eigenvalue weighted by molar-refractivity contribution is -0.133. The molecule has 2 amide bonds. The van der Waals surface area contributed by atoms with Gasteiger partial charge in [-0.05, 0) is 30.0 Å². The Morgan fingerprint density at radius 3 is 2.50 bits per heavy atom. The van der Waals surface area contributed by atoms with Crippen molar-refractivity contribution in [2.45, 2.75) is 45.6 Å². The summed E-state index contributed by atoms with van der Waals surface area (Å²) in [7, 11) is 0. The molecule has 0 aromatic heterocycles. The highest BCUT2D eigenvalue weighted by atomic mass is 16.2. The third-order valence-corrected chi connectivity index (χ3v) is 4.46. The molecule has 1 fully saturated rings. The van der Waals surface area contributed by atoms with Gasteiger partial charge in [-0.2, -0.15) is 0 Å². The molecule has 0 aliphatic carbocycles. The van der Waals surface area contributed by atoms with Crippen LogP contribution in [0.1, 0.15) is 50.0 Å². The first kappa shape index (κ1) is 18.5. The fourth-order valence-corrected chi connectivity index (χ4v) is 2.86. The van der Waals surface area contributed by atoms with Gasteiger partial charge in [0.05, 0.1) is 0 Å². The lowest BCUT2D eigenvalue weighted by atomic mass is 9.87. The van der Waals surface area contributed by atoms with Crippen molar-refractivity contribution in [3.63, 3.8) is 0 Å². The van der Waals surface area contributed by atoms with E-state index in [0.717, 1.165) is 19.6 Å². The fourth-order valence-electron chi connectivity index (χ4n) is 2.86. The molecule has 5 heteroatoms. The van der Waals surface area contributed by atoms with Crippen LogP contribution in [0.3, 0.4) is 0 Å². The van der Waals surface area contributed by atoms with E-state index in [9.17, 15) is 9.59 Å². The molecule has 5 nitrogen and oxygen atoms in total. The Morgan fingerprint density at radius 2 is 1.92 bits per heavy atom. The molecule has 1 aromatic rings. The van der Waals surface area contributed by atoms with Crippen LogP contribution in [0.5, 0.6) is 0 Å². The van der Waals surface area contributed by atoms with Crippen LogP contribution in [0.25, 0.3) is 0 Å². The third-order valence-electron chi connectivity index (χ3n) is 4.46. The number of nitrogens with zero attached hydrogens (tertiary/aromatic N) is 1. The average Bonchev–Trinajstić information content (AvgIpc) is 2.54. The highest BCUT2D eigenvalue weighted by Crippen LogP contribution is 2.22. The Hall–Kier alpha value is -1.88. The number of carbonyl (C=O) groups excluding carboxylic acids is 2. The van der Waals surface area contributed by atoms with Crippen molar-refractivity contribution >= 4 is 11.8 Å². The molecule has 0 saturated carbocycles. The van der Waals surface area contributed by atoms with E-state index in [1.54, 1.807) is 0 Å². The van der Waals surface area contributed by atoms with Gasteiger partial charge >= 0.3 is 0 Å². The third kappa shape index (κ3) is 4.81. The van der Waals surface area contributed by atoms with Crippen molar-refractivity contribution in [3.8, 4) is 0 Å². The van der Waals surface area contributed by atoms with Crippen LogP contribution >= 0.6 is 0 Å². The predicted molar refractivity (Wildman–Crippen MR) is 96.1 cm³/mol. The molecule has 0 radical (unpaired) electrons. The zero-order valence-electron chi connectivity index (χ0n) is 15.2. The van der Waals surface area contributed by atoms with Crippen molar-refractivity contribution in [2.75, 3.05) is 26.2 Å². The standard InChI is InChI=1S/C19H29N3O2/c1-14-13-20-11-12-22(14)17(23)9-10-21-18(24)15-5-7-16(8-6-15)19(2,3)4/h5-8,14,20H,9-13H2,1-4H3,(H,21,24). The van der Waals surface area contributed by atoms with Crippen LogP contribution in [0.2, 0.25) is 0 Å². The SMILES string of the molecule is CC1CNCCN1C(=O)CCNC(=O)c1ccc(C(C)(C)C)cc1. The summed E-state index contributed by atoms with van der Waals surface area (Å²) in [6.07, 6.45) is 0.343. The number of amides is 2. The Kier molecular flexibility index (Phi) is 5.99. The topological polar surface area (TPSA) is 61.4 Å². The van der Waals surface area contributed by atoms with Crippen LogP contribution in [0, 0.1) is 0 Å². The molecule has 1 atom stereocenters. The van der Waals surface area contributed by atoms with Crippen molar-refractivity contribution in [1.82, 2.24) is 15.5 Å². The molecule has 2 N–H and O–H groups in total. The first-order valence-electron chi connectivity index (χ1n) is 8.68. The minimum Gasteiger partial charge on any atom is -0.352 e. The van der Waals surface area contributed by atoms with Gasteiger partial charge in [0.15, 0.2) is 0 Å². The summed E-state index contributed by atoms with van der Waals surface area (Å²) < 4.78 is 0. The van der Waals surface area contributed by atoms with E-state index >= 15 is 0 Å². The Balaban J connectivity index is 1.81. The maximum Gasteiger partial charge on any atom is 0.251 e. The van der Waals surface area contributed by atoms with Gasteiger partial charge in [0, 0.05) is 44.2 Å². The Morgan fingerprint density at radius 1 is 1.25 bits per heavy atom. The summed E-state index contributed by atoms with van der Waals surface area (Å²) in [5.41, 5.74) is 1.90. The minimum absolute atomic E-state index is 0.0709. The summed E-state index contributed by atoms with van der Waals surface area (Å²) in [5.74, 6) is -0.0241. The number of benzene rings is 1. The Labute approximate surface area is 144 Å². The quantitative estimate of drug-likeness (QED) is 0.886. The van der Waals surface area contributed by atoms with Gasteiger partial charge in [-0.1, -0.05) is 32.9 Å². The van der Waals surface area contributed by atoms with Crippen molar-refractivity contribution in [3.05, 3.63) is 35.4 Å². The first-order chi connectivity index (χ1) is 11.3. The van der Waals surface area contributed by atoms with Gasteiger partial charge in [-0.15, -0.1) is 0 Å². The summed E-state index contributed by atoms with van der Waals surface area (Å²) >= 11 is 0. The number of carbonyl (C=O) groups is 2. The molecule has 1 heterocycles. The molecule has 132 valence electrons. The van der Waals surface area contributed by atoms with Gasteiger partial charge in [0.25, 0.3) is 5.91 Å². The van der Waals surface area contributed by atoms with Crippen LogP contribution in [0.15, 0.2) is 24.3 Å². The van der Waals surface area contributed by atoms with Gasteiger partial charge < -0.3 is 15.5 Å². The van der Waals surface area contributed by atoms with E-state index in [1.807, 2.05) is 36.1 Å². The highest BCUT2D eigenvalue weighted by molar-refractivity contribution is 5.94. The minimum atomic E-state index is -0.128. The smallest absolute Gasteiger partial charge is 0.251 e. The average molecular weight is 331 g/mol. The van der Waals surface area contributed by atoms with Gasteiger partial charge in [0.1, 0.15) is 0 Å². The maximum absolute atomic E-state index is 12.2. The van der Waals surface area contributed by atoms with Crippen LogP contribution < -0.4 is 10.6 Å². The normalized spacial score (nSPS) is 18.3. The molecule has 0 spiro atoms. The second-order valence-electron chi connectivity index (χ2n) is 7.47. The number of piperazine rings is 1. The molecule has 1 saturated heterocycles. The molecule has 1 unspecified atom stereocenters. The van der Waals surface area contributed by atoms with Crippen molar-refractivity contribution in [1.29, 1.82) is 0 Å². The van der Waals surface area contributed by atoms with E-state index in [-0.39, 0.29) is 23.3 Å². The van der Waals surface area contributed by atoms with Crippen LogP contribution in [-0.4, -0.2) is 48.9 Å². The molecule has 2 rings (SSSR count). The molecular formula is C19H29N3O2. The second-order valence-corrected chi connectivity index (χ2v) is 7.47. The lowest BCUT2D eigenvalue weighted by Crippen LogP contribution is -2.52. The molecule has 0 bridgehead atoms.